The molecule has 3 rings (SSSR count). The Morgan fingerprint density at radius 2 is 1.91 bits per heavy atom. The molecule has 3 atom stereocenters. The number of hydrogen-bond acceptors (Lipinski definition) is 6. The zero-order chi connectivity index (χ0) is 24.5. The van der Waals surface area contributed by atoms with Crippen LogP contribution >= 0.6 is 0 Å². The molecule has 0 bridgehead atoms. The summed E-state index contributed by atoms with van der Waals surface area (Å²) in [6.07, 6.45) is -0.589. The molecule has 9 heteroatoms. The molecule has 0 saturated heterocycles. The largest absolute Gasteiger partial charge is 0.449 e. The summed E-state index contributed by atoms with van der Waals surface area (Å²) in [5.74, 6) is -0.891. The zero-order valence-corrected chi connectivity index (χ0v) is 20.2. The SMILES string of the molecule is CCCOC(=O)N1c2ccccc2C[C@H]1C(C(=O)C1OC(C(C)(C)C)=NN1C(N)=O)C(C)C. The Labute approximate surface area is 194 Å². The number of rotatable bonds is 6. The van der Waals surface area contributed by atoms with Gasteiger partial charge in [0.1, 0.15) is 0 Å². The number of nitrogens with two attached hydrogens (primary N) is 1. The predicted molar refractivity (Wildman–Crippen MR) is 125 cm³/mol. The molecule has 0 saturated carbocycles. The van der Waals surface area contributed by atoms with Gasteiger partial charge in [0.25, 0.3) is 6.23 Å². The third-order valence-electron chi connectivity index (χ3n) is 5.85. The number of nitrogens with zero attached hydrogens (tertiary/aromatic N) is 3. The molecule has 1 aromatic carbocycles. The lowest BCUT2D eigenvalue weighted by atomic mass is 9.82. The molecule has 0 aromatic heterocycles. The van der Waals surface area contributed by atoms with Gasteiger partial charge in [-0.25, -0.2) is 9.59 Å². The number of hydrogen-bond donors (Lipinski definition) is 1. The van der Waals surface area contributed by atoms with Gasteiger partial charge >= 0.3 is 12.1 Å². The zero-order valence-electron chi connectivity index (χ0n) is 20.2. The molecule has 2 aliphatic heterocycles. The normalized spacial score (nSPS) is 20.9. The Bertz CT molecular complexity index is 952. The van der Waals surface area contributed by atoms with Crippen LogP contribution in [0.2, 0.25) is 0 Å². The van der Waals surface area contributed by atoms with E-state index in [1.165, 1.54) is 0 Å². The Morgan fingerprint density at radius 3 is 2.48 bits per heavy atom. The van der Waals surface area contributed by atoms with Gasteiger partial charge in [-0.3, -0.25) is 9.69 Å². The second-order valence-electron chi connectivity index (χ2n) is 9.86. The third kappa shape index (κ3) is 4.82. The summed E-state index contributed by atoms with van der Waals surface area (Å²) < 4.78 is 11.3. The van der Waals surface area contributed by atoms with Gasteiger partial charge < -0.3 is 15.2 Å². The maximum absolute atomic E-state index is 13.9. The maximum atomic E-state index is 13.9. The van der Waals surface area contributed by atoms with E-state index in [4.69, 9.17) is 15.2 Å². The highest BCUT2D eigenvalue weighted by molar-refractivity contribution is 5.98. The summed E-state index contributed by atoms with van der Waals surface area (Å²) in [5, 5.41) is 5.09. The van der Waals surface area contributed by atoms with Crippen molar-refractivity contribution in [2.75, 3.05) is 11.5 Å². The van der Waals surface area contributed by atoms with Crippen molar-refractivity contribution in [3.8, 4) is 0 Å². The number of urea groups is 1. The van der Waals surface area contributed by atoms with Crippen LogP contribution in [0, 0.1) is 17.3 Å². The summed E-state index contributed by atoms with van der Waals surface area (Å²) >= 11 is 0. The highest BCUT2D eigenvalue weighted by Gasteiger charge is 2.50. The van der Waals surface area contributed by atoms with E-state index < -0.39 is 35.7 Å². The summed E-state index contributed by atoms with van der Waals surface area (Å²) in [7, 11) is 0. The molecular weight excluding hydrogens is 424 g/mol. The van der Waals surface area contributed by atoms with Crippen LogP contribution in [0.15, 0.2) is 29.4 Å². The number of carbonyl (C=O) groups is 3. The monoisotopic (exact) mass is 458 g/mol. The summed E-state index contributed by atoms with van der Waals surface area (Å²) in [6.45, 7) is 11.7. The number of ether oxygens (including phenoxy) is 2. The van der Waals surface area contributed by atoms with Gasteiger partial charge in [-0.1, -0.05) is 59.7 Å². The molecule has 0 radical (unpaired) electrons. The molecule has 2 heterocycles. The first-order valence-corrected chi connectivity index (χ1v) is 11.4. The van der Waals surface area contributed by atoms with Gasteiger partial charge in [-0.15, -0.1) is 5.10 Å². The molecule has 3 amide bonds. The number of anilines is 1. The van der Waals surface area contributed by atoms with Crippen LogP contribution in [0.3, 0.4) is 0 Å². The minimum absolute atomic E-state index is 0.157. The Balaban J connectivity index is 1.97. The molecule has 2 unspecified atom stereocenters. The van der Waals surface area contributed by atoms with Crippen LogP contribution in [-0.2, 0) is 20.7 Å². The molecule has 2 N–H and O–H groups in total. The van der Waals surface area contributed by atoms with Crippen molar-refractivity contribution in [2.24, 2.45) is 28.1 Å². The topological polar surface area (TPSA) is 115 Å². The molecule has 0 aliphatic carbocycles. The van der Waals surface area contributed by atoms with Gasteiger partial charge in [0.2, 0.25) is 11.7 Å². The number of fused-ring (bicyclic) bond motifs is 1. The van der Waals surface area contributed by atoms with E-state index in [1.807, 2.05) is 65.8 Å². The van der Waals surface area contributed by atoms with Gasteiger partial charge in [0.15, 0.2) is 0 Å². The summed E-state index contributed by atoms with van der Waals surface area (Å²) in [4.78, 5) is 40.6. The van der Waals surface area contributed by atoms with Crippen LogP contribution in [-0.4, -0.2) is 47.7 Å². The van der Waals surface area contributed by atoms with Crippen LogP contribution in [0.25, 0.3) is 0 Å². The number of carbonyl (C=O) groups excluding carboxylic acids is 3. The summed E-state index contributed by atoms with van der Waals surface area (Å²) in [5.41, 5.74) is 6.69. The Morgan fingerprint density at radius 1 is 1.24 bits per heavy atom. The molecular formula is C24H34N4O5. The van der Waals surface area contributed by atoms with E-state index in [2.05, 4.69) is 5.10 Å². The first-order chi connectivity index (χ1) is 15.5. The lowest BCUT2D eigenvalue weighted by Gasteiger charge is -2.34. The Hall–Kier alpha value is -3.10. The number of ketones is 1. The Kier molecular flexibility index (Phi) is 7.00. The van der Waals surface area contributed by atoms with E-state index in [-0.39, 0.29) is 24.2 Å². The lowest BCUT2D eigenvalue weighted by Crippen LogP contribution is -2.53. The fourth-order valence-corrected chi connectivity index (χ4v) is 4.32. The minimum atomic E-state index is -1.28. The van der Waals surface area contributed by atoms with Crippen molar-refractivity contribution in [1.29, 1.82) is 0 Å². The molecule has 0 fully saturated rings. The molecule has 0 spiro atoms. The first-order valence-electron chi connectivity index (χ1n) is 11.4. The first kappa shape index (κ1) is 24.5. The van der Waals surface area contributed by atoms with E-state index >= 15 is 0 Å². The van der Waals surface area contributed by atoms with Gasteiger partial charge in [-0.2, -0.15) is 5.01 Å². The molecule has 2 aliphatic rings. The van der Waals surface area contributed by atoms with Gasteiger partial charge in [-0.05, 0) is 30.4 Å². The van der Waals surface area contributed by atoms with Crippen molar-refractivity contribution in [2.45, 2.75) is 66.7 Å². The fourth-order valence-electron chi connectivity index (χ4n) is 4.32. The van der Waals surface area contributed by atoms with E-state index in [1.54, 1.807) is 4.90 Å². The quantitative estimate of drug-likeness (QED) is 0.694. The molecule has 33 heavy (non-hydrogen) atoms. The molecule has 180 valence electrons. The van der Waals surface area contributed by atoms with Crippen LogP contribution < -0.4 is 10.6 Å². The predicted octanol–water partition coefficient (Wildman–Crippen LogP) is 3.90. The maximum Gasteiger partial charge on any atom is 0.414 e. The fraction of sp³-hybridized carbons (Fsp3) is 0.583. The second-order valence-corrected chi connectivity index (χ2v) is 9.86. The highest BCUT2D eigenvalue weighted by Crippen LogP contribution is 2.39. The van der Waals surface area contributed by atoms with Crippen molar-refractivity contribution in [3.63, 3.8) is 0 Å². The van der Waals surface area contributed by atoms with E-state index in [0.717, 1.165) is 16.3 Å². The number of benzene rings is 1. The van der Waals surface area contributed by atoms with Crippen molar-refractivity contribution in [3.05, 3.63) is 29.8 Å². The van der Waals surface area contributed by atoms with Crippen LogP contribution in [0.1, 0.15) is 53.5 Å². The standard InChI is InChI=1S/C24H34N4O5/c1-7-12-32-23(31)27-16-11-9-8-10-15(16)13-17(27)18(14(2)3)19(29)20-28(22(25)30)26-21(33-20)24(4,5)6/h8-11,14,17-18,20H,7,12-13H2,1-6H3,(H2,25,30)/t17-,18?,20?/m0/s1. The summed E-state index contributed by atoms with van der Waals surface area (Å²) in [6, 6.07) is 6.19. The average Bonchev–Trinajstić information content (AvgIpc) is 3.34. The van der Waals surface area contributed by atoms with Crippen molar-refractivity contribution < 1.29 is 23.9 Å². The number of amides is 3. The number of para-hydroxylation sites is 1. The van der Waals surface area contributed by atoms with Crippen molar-refractivity contribution >= 4 is 29.5 Å². The van der Waals surface area contributed by atoms with Crippen LogP contribution in [0.5, 0.6) is 0 Å². The van der Waals surface area contributed by atoms with E-state index in [9.17, 15) is 14.4 Å². The molecule has 9 nitrogen and oxygen atoms in total. The van der Waals surface area contributed by atoms with E-state index in [0.29, 0.717) is 12.8 Å². The molecule has 1 aromatic rings. The number of Topliss-reactive ketones (excluding diaryl/α,β-unsaturated/α-hetero) is 1. The van der Waals surface area contributed by atoms with Crippen molar-refractivity contribution in [1.82, 2.24) is 5.01 Å². The number of hydrazone groups is 1. The minimum Gasteiger partial charge on any atom is -0.449 e. The van der Waals surface area contributed by atoms with Gasteiger partial charge in [0, 0.05) is 11.3 Å². The van der Waals surface area contributed by atoms with Crippen LogP contribution in [0.4, 0.5) is 15.3 Å². The van der Waals surface area contributed by atoms with Gasteiger partial charge in [0.05, 0.1) is 18.3 Å². The smallest absolute Gasteiger partial charge is 0.414 e. The number of primary amides is 1. The second kappa shape index (κ2) is 9.41. The highest BCUT2D eigenvalue weighted by atomic mass is 16.6. The third-order valence-corrected chi connectivity index (χ3v) is 5.85. The lowest BCUT2D eigenvalue weighted by molar-refractivity contribution is -0.137. The average molecular weight is 459 g/mol.